The lowest BCUT2D eigenvalue weighted by Crippen LogP contribution is -2.33. The Balaban J connectivity index is 0.000000222. The summed E-state index contributed by atoms with van der Waals surface area (Å²) in [6.45, 7) is 14.9. The molecule has 0 aromatic heterocycles. The van der Waals surface area contributed by atoms with E-state index in [2.05, 4.69) is 0 Å². The van der Waals surface area contributed by atoms with Crippen LogP contribution in [-0.4, -0.2) is 56.8 Å². The number of hydrogen-bond donors (Lipinski definition) is 1. The normalized spacial score (nSPS) is 14.0. The van der Waals surface area contributed by atoms with Gasteiger partial charge in [-0.15, -0.1) is 0 Å². The Kier molecular flexibility index (Phi) is 9.12. The zero-order valence-corrected chi connectivity index (χ0v) is 24.2. The van der Waals surface area contributed by atoms with Crippen LogP contribution in [0.4, 0.5) is 9.59 Å². The third-order valence-electron chi connectivity index (χ3n) is 5.92. The maximum Gasteiger partial charge on any atom is 0.410 e. The smallest absolute Gasteiger partial charge is 0.410 e. The number of ether oxygens (including phenoxy) is 3. The van der Waals surface area contributed by atoms with Crippen LogP contribution >= 0.6 is 0 Å². The van der Waals surface area contributed by atoms with E-state index in [0.29, 0.717) is 38.3 Å². The number of hydrogen-bond acceptors (Lipinski definition) is 7. The first kappa shape index (κ1) is 30.5. The molecular weight excluding hydrogens is 516 g/mol. The third-order valence-corrected chi connectivity index (χ3v) is 5.92. The molecule has 0 radical (unpaired) electrons. The highest BCUT2D eigenvalue weighted by Crippen LogP contribution is 2.27. The van der Waals surface area contributed by atoms with Gasteiger partial charge < -0.3 is 19.3 Å². The van der Waals surface area contributed by atoms with Gasteiger partial charge in [0.15, 0.2) is 0 Å². The molecule has 216 valence electrons. The van der Waals surface area contributed by atoms with Crippen LogP contribution in [0.2, 0.25) is 0 Å². The second-order valence-electron chi connectivity index (χ2n) is 11.7. The Bertz CT molecular complexity index is 1290. The monoisotopic (exact) mass is 554 g/mol. The van der Waals surface area contributed by atoms with Crippen LogP contribution < -0.4 is 0 Å². The molecule has 0 aliphatic carbocycles. The van der Waals surface area contributed by atoms with Gasteiger partial charge in [0.05, 0.1) is 17.7 Å². The minimum Gasteiger partial charge on any atom is -0.478 e. The predicted molar refractivity (Wildman–Crippen MR) is 147 cm³/mol. The molecule has 0 unspecified atom stereocenters. The van der Waals surface area contributed by atoms with Crippen molar-refractivity contribution in [3.63, 3.8) is 0 Å². The van der Waals surface area contributed by atoms with E-state index in [1.807, 2.05) is 47.6 Å². The summed E-state index contributed by atoms with van der Waals surface area (Å²) >= 11 is 0. The number of carboxylic acid groups (broad SMARTS) is 1. The minimum atomic E-state index is -0.960. The summed E-state index contributed by atoms with van der Waals surface area (Å²) in [6, 6.07) is 10.3. The summed E-state index contributed by atoms with van der Waals surface area (Å²) in [5.41, 5.74) is 3.55. The van der Waals surface area contributed by atoms with Crippen molar-refractivity contribution < 1.29 is 38.5 Å². The zero-order valence-electron chi connectivity index (χ0n) is 24.2. The Labute approximate surface area is 234 Å². The molecule has 2 aromatic carbocycles. The van der Waals surface area contributed by atoms with Gasteiger partial charge in [-0.1, -0.05) is 12.1 Å². The molecule has 2 aromatic rings. The average Bonchev–Trinajstić information content (AvgIpc) is 3.46. The van der Waals surface area contributed by atoms with Crippen molar-refractivity contribution in [3.8, 4) is 0 Å². The van der Waals surface area contributed by atoms with Crippen molar-refractivity contribution in [1.82, 2.24) is 9.80 Å². The van der Waals surface area contributed by atoms with Crippen LogP contribution in [0.5, 0.6) is 0 Å². The van der Waals surface area contributed by atoms with Gasteiger partial charge in [-0.3, -0.25) is 9.80 Å². The molecule has 40 heavy (non-hydrogen) atoms. The van der Waals surface area contributed by atoms with E-state index in [1.54, 1.807) is 47.1 Å². The van der Waals surface area contributed by atoms with Gasteiger partial charge in [-0.25, -0.2) is 19.2 Å². The van der Waals surface area contributed by atoms with Crippen LogP contribution in [0.3, 0.4) is 0 Å². The van der Waals surface area contributed by atoms with E-state index >= 15 is 0 Å². The Hall–Kier alpha value is -4.08. The van der Waals surface area contributed by atoms with Crippen molar-refractivity contribution in [2.24, 2.45) is 0 Å². The number of nitrogens with zero attached hydrogens (tertiary/aromatic N) is 2. The first-order chi connectivity index (χ1) is 18.6. The molecule has 2 aliphatic heterocycles. The molecule has 0 spiro atoms. The second kappa shape index (κ2) is 12.0. The van der Waals surface area contributed by atoms with E-state index in [0.717, 1.165) is 22.3 Å². The Morgan fingerprint density at radius 1 is 0.700 bits per heavy atom. The molecule has 0 fully saturated rings. The molecular formula is C30H38N2O8. The zero-order chi connectivity index (χ0) is 29.8. The number of carboxylic acids is 1. The van der Waals surface area contributed by atoms with E-state index in [9.17, 15) is 19.2 Å². The molecule has 2 heterocycles. The van der Waals surface area contributed by atoms with Crippen molar-refractivity contribution in [3.05, 3.63) is 69.8 Å². The molecule has 0 saturated carbocycles. The highest BCUT2D eigenvalue weighted by molar-refractivity contribution is 5.90. The van der Waals surface area contributed by atoms with Crippen LogP contribution in [0, 0.1) is 0 Å². The van der Waals surface area contributed by atoms with Gasteiger partial charge in [-0.05, 0) is 95.0 Å². The van der Waals surface area contributed by atoms with Gasteiger partial charge in [0, 0.05) is 26.2 Å². The van der Waals surface area contributed by atoms with Crippen molar-refractivity contribution in [2.45, 2.75) is 85.8 Å². The van der Waals surface area contributed by atoms with Gasteiger partial charge in [0.2, 0.25) is 0 Å². The number of benzene rings is 2. The van der Waals surface area contributed by atoms with Crippen LogP contribution in [-0.2, 0) is 40.4 Å². The van der Waals surface area contributed by atoms with Crippen molar-refractivity contribution in [1.29, 1.82) is 0 Å². The average molecular weight is 555 g/mol. The Morgan fingerprint density at radius 3 is 1.50 bits per heavy atom. The fourth-order valence-electron chi connectivity index (χ4n) is 4.17. The molecule has 1 N–H and O–H groups in total. The maximum atomic E-state index is 12.1. The second-order valence-corrected chi connectivity index (χ2v) is 11.7. The summed E-state index contributed by atoms with van der Waals surface area (Å²) in [6.07, 6.45) is -0.711. The molecule has 10 nitrogen and oxygen atoms in total. The first-order valence-electron chi connectivity index (χ1n) is 13.2. The summed E-state index contributed by atoms with van der Waals surface area (Å²) in [5, 5.41) is 8.94. The van der Waals surface area contributed by atoms with Crippen LogP contribution in [0.1, 0.15) is 91.4 Å². The topological polar surface area (TPSA) is 123 Å². The third kappa shape index (κ3) is 8.21. The quantitative estimate of drug-likeness (QED) is 0.376. The van der Waals surface area contributed by atoms with Gasteiger partial charge in [0.1, 0.15) is 11.2 Å². The lowest BCUT2D eigenvalue weighted by molar-refractivity contribution is 0.0232. The summed E-state index contributed by atoms with van der Waals surface area (Å²) in [7, 11) is 0. The SMILES string of the molecule is CC(C)(C)OC(=O)N1Cc2ccc(C(=O)O)cc2C1.CCOC(=O)c1ccc2c(c1)CN(C(=O)OC(C)(C)C)C2. The van der Waals surface area contributed by atoms with E-state index in [-0.39, 0.29) is 23.7 Å². The highest BCUT2D eigenvalue weighted by atomic mass is 16.6. The number of amides is 2. The number of fused-ring (bicyclic) bond motifs is 2. The fourth-order valence-corrected chi connectivity index (χ4v) is 4.17. The summed E-state index contributed by atoms with van der Waals surface area (Å²) in [5.74, 6) is -1.30. The van der Waals surface area contributed by atoms with E-state index in [4.69, 9.17) is 19.3 Å². The first-order valence-corrected chi connectivity index (χ1v) is 13.2. The molecule has 4 rings (SSSR count). The van der Waals surface area contributed by atoms with E-state index in [1.165, 1.54) is 0 Å². The molecule has 0 atom stereocenters. The molecule has 0 saturated heterocycles. The lowest BCUT2D eigenvalue weighted by Gasteiger charge is -2.24. The fraction of sp³-hybridized carbons (Fsp3) is 0.467. The van der Waals surface area contributed by atoms with Crippen molar-refractivity contribution in [2.75, 3.05) is 6.61 Å². The highest BCUT2D eigenvalue weighted by Gasteiger charge is 2.29. The van der Waals surface area contributed by atoms with Crippen LogP contribution in [0.15, 0.2) is 36.4 Å². The standard InChI is InChI=1S/C16H21NO4.C14H17NO4/c1-5-20-14(18)11-6-7-12-9-17(10-13(12)8-11)15(19)21-16(2,3)4;1-14(2,3)19-13(18)15-7-10-5-4-9(12(16)17)6-11(10)8-15/h6-8H,5,9-10H2,1-4H3;4-6H,7-8H2,1-3H3,(H,16,17). The summed E-state index contributed by atoms with van der Waals surface area (Å²) < 4.78 is 15.6. The van der Waals surface area contributed by atoms with Gasteiger partial charge >= 0.3 is 24.1 Å². The number of esters is 1. The maximum absolute atomic E-state index is 12.1. The van der Waals surface area contributed by atoms with Gasteiger partial charge in [-0.2, -0.15) is 0 Å². The number of rotatable bonds is 3. The lowest BCUT2D eigenvalue weighted by atomic mass is 10.1. The number of carbonyl (C=O) groups is 4. The number of aromatic carboxylic acids is 1. The summed E-state index contributed by atoms with van der Waals surface area (Å²) in [4.78, 5) is 49.8. The Morgan fingerprint density at radius 2 is 1.10 bits per heavy atom. The predicted octanol–water partition coefficient (Wildman–Crippen LogP) is 5.75. The van der Waals surface area contributed by atoms with Gasteiger partial charge in [0.25, 0.3) is 0 Å². The largest absolute Gasteiger partial charge is 0.478 e. The van der Waals surface area contributed by atoms with Crippen molar-refractivity contribution >= 4 is 24.1 Å². The van der Waals surface area contributed by atoms with E-state index < -0.39 is 17.2 Å². The molecule has 2 amide bonds. The molecule has 2 aliphatic rings. The molecule has 0 bridgehead atoms. The number of carbonyl (C=O) groups excluding carboxylic acids is 3. The minimum absolute atomic E-state index is 0.241. The molecule has 10 heteroatoms. The van der Waals surface area contributed by atoms with Crippen LogP contribution in [0.25, 0.3) is 0 Å².